The molecule has 3 rings (SSSR count). The molecule has 0 bridgehead atoms. The summed E-state index contributed by atoms with van der Waals surface area (Å²) in [5, 5.41) is 11.3. The molecular formula is C18H32O3. The van der Waals surface area contributed by atoms with E-state index in [0.717, 1.165) is 51.7 Å². The molecule has 2 aliphatic heterocycles. The maximum Gasteiger partial charge on any atom is 0.0724 e. The fraction of sp³-hybridized carbons (Fsp3) is 1.00. The lowest BCUT2D eigenvalue weighted by molar-refractivity contribution is -0.187. The maximum atomic E-state index is 11.3. The monoisotopic (exact) mass is 296 g/mol. The second kappa shape index (κ2) is 6.55. The molecule has 0 aromatic carbocycles. The number of ether oxygens (including phenoxy) is 2. The fourth-order valence-electron chi connectivity index (χ4n) is 4.87. The summed E-state index contributed by atoms with van der Waals surface area (Å²) >= 11 is 0. The van der Waals surface area contributed by atoms with Gasteiger partial charge in [-0.05, 0) is 44.4 Å². The first-order valence-electron chi connectivity index (χ1n) is 9.14. The Morgan fingerprint density at radius 2 is 1.86 bits per heavy atom. The van der Waals surface area contributed by atoms with E-state index in [1.807, 2.05) is 0 Å². The van der Waals surface area contributed by atoms with Gasteiger partial charge in [0.25, 0.3) is 0 Å². The smallest absolute Gasteiger partial charge is 0.0724 e. The minimum absolute atomic E-state index is 0.0927. The van der Waals surface area contributed by atoms with Gasteiger partial charge in [0.15, 0.2) is 0 Å². The summed E-state index contributed by atoms with van der Waals surface area (Å²) in [6, 6.07) is 0. The molecule has 2 heterocycles. The van der Waals surface area contributed by atoms with Crippen LogP contribution in [0.25, 0.3) is 0 Å². The van der Waals surface area contributed by atoms with Crippen molar-refractivity contribution in [3.05, 3.63) is 0 Å². The lowest BCUT2D eigenvalue weighted by atomic mass is 9.68. The van der Waals surface area contributed by atoms with Crippen molar-refractivity contribution >= 4 is 0 Å². The number of rotatable bonds is 3. The van der Waals surface area contributed by atoms with Crippen LogP contribution in [0.2, 0.25) is 0 Å². The second-order valence-electron chi connectivity index (χ2n) is 7.62. The molecule has 0 aromatic rings. The van der Waals surface area contributed by atoms with Crippen molar-refractivity contribution < 1.29 is 14.6 Å². The third kappa shape index (κ3) is 3.46. The molecular weight excluding hydrogens is 264 g/mol. The largest absolute Gasteiger partial charge is 0.389 e. The van der Waals surface area contributed by atoms with Crippen LogP contribution < -0.4 is 0 Å². The summed E-state index contributed by atoms with van der Waals surface area (Å²) in [5.74, 6) is 0.410. The van der Waals surface area contributed by atoms with Crippen LogP contribution in [-0.4, -0.2) is 35.6 Å². The topological polar surface area (TPSA) is 38.7 Å². The summed E-state index contributed by atoms with van der Waals surface area (Å²) in [5.41, 5.74) is -0.415. The van der Waals surface area contributed by atoms with E-state index in [-0.39, 0.29) is 11.7 Å². The van der Waals surface area contributed by atoms with Crippen molar-refractivity contribution in [3.63, 3.8) is 0 Å². The van der Waals surface area contributed by atoms with Crippen molar-refractivity contribution in [2.45, 2.75) is 94.9 Å². The van der Waals surface area contributed by atoms with Gasteiger partial charge in [0, 0.05) is 19.6 Å². The van der Waals surface area contributed by atoms with Crippen LogP contribution in [-0.2, 0) is 9.47 Å². The van der Waals surface area contributed by atoms with Gasteiger partial charge in [0.05, 0.1) is 17.3 Å². The summed E-state index contributed by atoms with van der Waals surface area (Å²) in [7, 11) is 0. The van der Waals surface area contributed by atoms with Crippen molar-refractivity contribution in [1.82, 2.24) is 0 Å². The first-order valence-corrected chi connectivity index (χ1v) is 9.14. The van der Waals surface area contributed by atoms with Crippen LogP contribution in [0.15, 0.2) is 0 Å². The van der Waals surface area contributed by atoms with Gasteiger partial charge >= 0.3 is 0 Å². The average Bonchev–Trinajstić information content (AvgIpc) is 2.49. The lowest BCUT2D eigenvalue weighted by Crippen LogP contribution is -2.52. The van der Waals surface area contributed by atoms with E-state index in [9.17, 15) is 5.11 Å². The Hall–Kier alpha value is -0.120. The van der Waals surface area contributed by atoms with E-state index in [4.69, 9.17) is 9.47 Å². The highest BCUT2D eigenvalue weighted by molar-refractivity contribution is 4.99. The van der Waals surface area contributed by atoms with E-state index in [2.05, 4.69) is 6.92 Å². The van der Waals surface area contributed by atoms with Crippen LogP contribution in [0.5, 0.6) is 0 Å². The summed E-state index contributed by atoms with van der Waals surface area (Å²) in [6.07, 6.45) is 12.6. The van der Waals surface area contributed by atoms with Crippen LogP contribution in [0.4, 0.5) is 0 Å². The van der Waals surface area contributed by atoms with Crippen molar-refractivity contribution in [3.8, 4) is 0 Å². The Balaban J connectivity index is 1.66. The van der Waals surface area contributed by atoms with E-state index in [1.54, 1.807) is 0 Å². The molecule has 3 fully saturated rings. The number of aliphatic hydroxyl groups is 1. The van der Waals surface area contributed by atoms with Gasteiger partial charge in [-0.25, -0.2) is 0 Å². The zero-order valence-electron chi connectivity index (χ0n) is 13.6. The molecule has 1 saturated carbocycles. The molecule has 1 spiro atoms. The van der Waals surface area contributed by atoms with E-state index in [0.29, 0.717) is 5.92 Å². The molecule has 3 heteroatoms. The standard InChI is InChI=1S/C18H32O3/c1-2-6-16-14-18(19,10-12-20-16)15-7-11-21-17(13-15)8-4-3-5-9-17/h15-16,19H,2-14H2,1H3. The molecule has 3 atom stereocenters. The van der Waals surface area contributed by atoms with Crippen LogP contribution in [0.1, 0.15) is 77.6 Å². The average molecular weight is 296 g/mol. The van der Waals surface area contributed by atoms with Gasteiger partial charge in [-0.3, -0.25) is 0 Å². The predicted octanol–water partition coefficient (Wildman–Crippen LogP) is 3.83. The molecule has 21 heavy (non-hydrogen) atoms. The van der Waals surface area contributed by atoms with Crippen molar-refractivity contribution in [2.24, 2.45) is 5.92 Å². The van der Waals surface area contributed by atoms with Gasteiger partial charge < -0.3 is 14.6 Å². The van der Waals surface area contributed by atoms with E-state index < -0.39 is 5.60 Å². The van der Waals surface area contributed by atoms with E-state index in [1.165, 1.54) is 32.1 Å². The third-order valence-electron chi connectivity index (χ3n) is 6.10. The number of hydrogen-bond donors (Lipinski definition) is 1. The molecule has 1 N–H and O–H groups in total. The maximum absolute atomic E-state index is 11.3. The van der Waals surface area contributed by atoms with Crippen LogP contribution in [0.3, 0.4) is 0 Å². The Kier molecular flexibility index (Phi) is 4.92. The molecule has 3 aliphatic rings. The van der Waals surface area contributed by atoms with Gasteiger partial charge in [-0.15, -0.1) is 0 Å². The molecule has 0 aromatic heterocycles. The fourth-order valence-corrected chi connectivity index (χ4v) is 4.87. The molecule has 0 radical (unpaired) electrons. The highest BCUT2D eigenvalue weighted by atomic mass is 16.5. The predicted molar refractivity (Wildman–Crippen MR) is 83.3 cm³/mol. The first kappa shape index (κ1) is 15.8. The molecule has 2 saturated heterocycles. The van der Waals surface area contributed by atoms with Gasteiger partial charge in [-0.2, -0.15) is 0 Å². The quantitative estimate of drug-likeness (QED) is 0.860. The van der Waals surface area contributed by atoms with Crippen molar-refractivity contribution in [2.75, 3.05) is 13.2 Å². The Labute approximate surface area is 129 Å². The highest BCUT2D eigenvalue weighted by Crippen LogP contribution is 2.46. The number of hydrogen-bond acceptors (Lipinski definition) is 3. The molecule has 122 valence electrons. The summed E-state index contributed by atoms with van der Waals surface area (Å²) in [6.45, 7) is 3.76. The Morgan fingerprint density at radius 3 is 2.62 bits per heavy atom. The molecule has 1 aliphatic carbocycles. The zero-order chi connectivity index (χ0) is 14.8. The van der Waals surface area contributed by atoms with Crippen LogP contribution >= 0.6 is 0 Å². The Morgan fingerprint density at radius 1 is 1.05 bits per heavy atom. The molecule has 3 nitrogen and oxygen atoms in total. The van der Waals surface area contributed by atoms with Gasteiger partial charge in [0.1, 0.15) is 0 Å². The van der Waals surface area contributed by atoms with Crippen molar-refractivity contribution in [1.29, 1.82) is 0 Å². The first-order chi connectivity index (χ1) is 10.2. The van der Waals surface area contributed by atoms with Gasteiger partial charge in [-0.1, -0.05) is 32.6 Å². The molecule has 0 amide bonds. The zero-order valence-corrected chi connectivity index (χ0v) is 13.6. The normalized spacial score (nSPS) is 40.3. The summed E-state index contributed by atoms with van der Waals surface area (Å²) < 4.78 is 12.1. The van der Waals surface area contributed by atoms with Crippen LogP contribution in [0, 0.1) is 5.92 Å². The SMILES string of the molecule is CCCC1CC(O)(C2CCOC3(CCCCC3)C2)CCO1. The van der Waals surface area contributed by atoms with E-state index >= 15 is 0 Å². The van der Waals surface area contributed by atoms with Gasteiger partial charge in [0.2, 0.25) is 0 Å². The lowest BCUT2D eigenvalue weighted by Gasteiger charge is -2.50. The minimum Gasteiger partial charge on any atom is -0.389 e. The Bertz CT molecular complexity index is 330. The molecule has 3 unspecified atom stereocenters. The third-order valence-corrected chi connectivity index (χ3v) is 6.10. The minimum atomic E-state index is -0.508. The second-order valence-corrected chi connectivity index (χ2v) is 7.62. The highest BCUT2D eigenvalue weighted by Gasteiger charge is 2.48. The summed E-state index contributed by atoms with van der Waals surface area (Å²) in [4.78, 5) is 0.